The number of aromatic hydroxyl groups is 1. The van der Waals surface area contributed by atoms with Crippen molar-refractivity contribution in [2.24, 2.45) is 0 Å². The number of carbonyl (C=O) groups excluding carboxylic acids is 2. The highest BCUT2D eigenvalue weighted by molar-refractivity contribution is 5.90. The minimum Gasteiger partial charge on any atom is -0.508 e. The number of anilines is 1. The summed E-state index contributed by atoms with van der Waals surface area (Å²) in [5, 5.41) is 10.1. The van der Waals surface area contributed by atoms with Gasteiger partial charge in [0.2, 0.25) is 0 Å². The Labute approximate surface area is 141 Å². The Morgan fingerprint density at radius 1 is 1.04 bits per heavy atom. The Hall–Kier alpha value is -2.44. The topological polar surface area (TPSA) is 88.1 Å². The van der Waals surface area contributed by atoms with Crippen LogP contribution in [0.4, 0.5) is 15.3 Å². The molecule has 1 rings (SSSR count). The summed E-state index contributed by atoms with van der Waals surface area (Å²) >= 11 is 0. The quantitative estimate of drug-likeness (QED) is 0.769. The molecule has 0 radical (unpaired) electrons. The average Bonchev–Trinajstić information content (AvgIpc) is 2.46. The monoisotopic (exact) mass is 328 g/mol. The molecule has 0 heterocycles. The lowest BCUT2D eigenvalue weighted by Gasteiger charge is -2.28. The zero-order valence-electron chi connectivity index (χ0n) is 18.0. The molecule has 0 fully saturated rings. The van der Waals surface area contributed by atoms with Crippen LogP contribution in [0, 0.1) is 0 Å². The first-order chi connectivity index (χ1) is 12.0. The maximum absolute atomic E-state index is 12.6. The molecular weight excluding hydrogens is 300 g/mol. The number of benzene rings is 1. The van der Waals surface area contributed by atoms with E-state index in [-0.39, 0.29) is 0 Å². The smallest absolute Gasteiger partial charge is 0.434 e. The predicted molar refractivity (Wildman–Crippen MR) is 86.2 cm³/mol. The first kappa shape index (κ1) is 13.0. The summed E-state index contributed by atoms with van der Waals surface area (Å²) < 4.78 is 41.6. The van der Waals surface area contributed by atoms with Crippen LogP contribution in [0.15, 0.2) is 24.2 Å². The second kappa shape index (κ2) is 6.76. The Bertz CT molecular complexity index is 728. The zero-order valence-corrected chi connectivity index (χ0v) is 14.0. The van der Waals surface area contributed by atoms with Gasteiger partial charge >= 0.3 is 12.2 Å². The van der Waals surface area contributed by atoms with Crippen LogP contribution in [0.25, 0.3) is 0 Å². The van der Waals surface area contributed by atoms with Gasteiger partial charge in [-0.25, -0.2) is 15.0 Å². The molecule has 2 N–H and O–H groups in total. The molecule has 0 aliphatic rings. The fourth-order valence-electron chi connectivity index (χ4n) is 1.30. The van der Waals surface area contributed by atoms with Crippen LogP contribution in [0.2, 0.25) is 0 Å². The Morgan fingerprint density at radius 2 is 1.52 bits per heavy atom. The summed E-state index contributed by atoms with van der Waals surface area (Å²) in [6.45, 7) is 9.51. The van der Waals surface area contributed by atoms with Crippen LogP contribution in [-0.2, 0) is 9.47 Å². The van der Waals surface area contributed by atoms with Crippen molar-refractivity contribution in [2.45, 2.75) is 52.7 Å². The van der Waals surface area contributed by atoms with Crippen molar-refractivity contribution in [1.29, 1.82) is 0 Å². The van der Waals surface area contributed by atoms with Crippen LogP contribution < -0.4 is 10.4 Å². The van der Waals surface area contributed by atoms with E-state index >= 15 is 0 Å². The fraction of sp³-hybridized carbons (Fsp3) is 0.500. The first-order valence-corrected chi connectivity index (χ1v) is 6.87. The molecule has 0 spiro atoms. The number of amides is 2. The molecule has 0 aliphatic carbocycles. The van der Waals surface area contributed by atoms with E-state index in [1.807, 2.05) is 0 Å². The van der Waals surface area contributed by atoms with Crippen LogP contribution >= 0.6 is 0 Å². The molecule has 7 heteroatoms. The molecule has 2 amide bonds. The molecule has 0 bridgehead atoms. The number of nitrogens with zero attached hydrogens (tertiary/aromatic N) is 1. The van der Waals surface area contributed by atoms with Gasteiger partial charge in [0, 0.05) is 0 Å². The van der Waals surface area contributed by atoms with Gasteiger partial charge in [0.15, 0.2) is 0 Å². The standard InChI is InChI=1S/C16H24N2O5/c1-15(2,3)22-13(20)17-18(14(21)23-16(4,5)6)11-7-9-12(19)10-8-11/h7-10,19H,1-6H3,(H,17,20)/i7D,8D,9D,10D. The summed E-state index contributed by atoms with van der Waals surface area (Å²) in [5.74, 6) is -0.879. The van der Waals surface area contributed by atoms with E-state index in [0.29, 0.717) is 5.01 Å². The Balaban J connectivity index is 3.47. The lowest BCUT2D eigenvalue weighted by Crippen LogP contribution is -2.50. The average molecular weight is 328 g/mol. The van der Waals surface area contributed by atoms with Gasteiger partial charge in [-0.3, -0.25) is 0 Å². The van der Waals surface area contributed by atoms with Crippen molar-refractivity contribution >= 4 is 17.9 Å². The number of hydrogen-bond acceptors (Lipinski definition) is 5. The van der Waals surface area contributed by atoms with Crippen molar-refractivity contribution in [1.82, 2.24) is 5.43 Å². The number of hydrogen-bond donors (Lipinski definition) is 2. The highest BCUT2D eigenvalue weighted by Gasteiger charge is 2.27. The molecule has 1 aromatic rings. The molecular formula is C16H24N2O5. The van der Waals surface area contributed by atoms with E-state index in [0.717, 1.165) is 0 Å². The van der Waals surface area contributed by atoms with Gasteiger partial charge in [-0.05, 0) is 65.7 Å². The zero-order chi connectivity index (χ0) is 21.3. The molecule has 1 aromatic carbocycles. The van der Waals surface area contributed by atoms with E-state index in [9.17, 15) is 14.7 Å². The van der Waals surface area contributed by atoms with E-state index in [1.54, 1.807) is 41.5 Å². The second-order valence-corrected chi connectivity index (χ2v) is 6.63. The fourth-order valence-corrected chi connectivity index (χ4v) is 1.30. The number of nitrogens with one attached hydrogen (secondary N) is 1. The molecule has 0 saturated heterocycles. The summed E-state index contributed by atoms with van der Waals surface area (Å²) in [5.41, 5.74) is -0.385. The Kier molecular flexibility index (Phi) is 3.84. The number of carbonyl (C=O) groups is 2. The van der Waals surface area contributed by atoms with Gasteiger partial charge in [-0.1, -0.05) is 0 Å². The largest absolute Gasteiger partial charge is 0.508 e. The molecule has 0 unspecified atom stereocenters. The molecule has 0 aromatic heterocycles. The van der Waals surface area contributed by atoms with Gasteiger partial charge in [-0.2, -0.15) is 5.01 Å². The summed E-state index contributed by atoms with van der Waals surface area (Å²) in [7, 11) is 0. The van der Waals surface area contributed by atoms with Crippen molar-refractivity contribution in [3.63, 3.8) is 0 Å². The summed E-state index contributed by atoms with van der Waals surface area (Å²) in [4.78, 5) is 24.7. The number of phenolic OH excluding ortho intramolecular Hbond substituents is 1. The summed E-state index contributed by atoms with van der Waals surface area (Å²) in [6, 6.07) is -3.03. The number of hydrazine groups is 1. The normalized spacial score (nSPS) is 14.0. The maximum Gasteiger partial charge on any atom is 0.434 e. The van der Waals surface area contributed by atoms with Gasteiger partial charge in [0.05, 0.1) is 11.2 Å². The van der Waals surface area contributed by atoms with Crippen molar-refractivity contribution < 1.29 is 29.7 Å². The van der Waals surface area contributed by atoms with Crippen molar-refractivity contribution in [3.8, 4) is 5.75 Å². The van der Waals surface area contributed by atoms with Crippen LogP contribution in [-0.4, -0.2) is 28.5 Å². The SMILES string of the molecule is [2H]c1c([2H])c(N(NC(=O)OC(C)(C)C)C(=O)OC(C)(C)C)c([2H])c([2H])c1O. The molecule has 128 valence electrons. The van der Waals surface area contributed by atoms with Gasteiger partial charge < -0.3 is 14.6 Å². The second-order valence-electron chi connectivity index (χ2n) is 6.63. The van der Waals surface area contributed by atoms with Crippen LogP contribution in [0.3, 0.4) is 0 Å². The number of phenols is 1. The van der Waals surface area contributed by atoms with Gasteiger partial charge in [-0.15, -0.1) is 0 Å². The molecule has 0 aliphatic heterocycles. The molecule has 7 nitrogen and oxygen atoms in total. The van der Waals surface area contributed by atoms with Crippen LogP contribution in [0.1, 0.15) is 47.0 Å². The van der Waals surface area contributed by atoms with Gasteiger partial charge in [0.1, 0.15) is 17.0 Å². The third-order valence-corrected chi connectivity index (χ3v) is 2.00. The summed E-state index contributed by atoms with van der Waals surface area (Å²) in [6.07, 6.45) is -2.22. The number of rotatable bonds is 1. The van der Waals surface area contributed by atoms with E-state index in [1.165, 1.54) is 0 Å². The lowest BCUT2D eigenvalue weighted by molar-refractivity contribution is 0.0425. The third kappa shape index (κ3) is 6.90. The minimum atomic E-state index is -1.15. The predicted octanol–water partition coefficient (Wildman–Crippen LogP) is 3.57. The third-order valence-electron chi connectivity index (χ3n) is 2.00. The van der Waals surface area contributed by atoms with E-state index in [4.69, 9.17) is 15.0 Å². The first-order valence-electron chi connectivity index (χ1n) is 8.87. The Morgan fingerprint density at radius 3 is 1.96 bits per heavy atom. The van der Waals surface area contributed by atoms with Gasteiger partial charge in [0.25, 0.3) is 0 Å². The van der Waals surface area contributed by atoms with Crippen molar-refractivity contribution in [2.75, 3.05) is 5.01 Å². The van der Waals surface area contributed by atoms with Crippen LogP contribution in [0.5, 0.6) is 5.75 Å². The molecule has 23 heavy (non-hydrogen) atoms. The minimum absolute atomic E-state index is 0.430. The van der Waals surface area contributed by atoms with E-state index < -0.39 is 59.0 Å². The van der Waals surface area contributed by atoms with Crippen molar-refractivity contribution in [3.05, 3.63) is 24.2 Å². The number of ether oxygens (including phenoxy) is 2. The lowest BCUT2D eigenvalue weighted by atomic mass is 10.2. The molecule has 0 atom stereocenters. The maximum atomic E-state index is 12.6. The van der Waals surface area contributed by atoms with E-state index in [2.05, 4.69) is 5.43 Å². The highest BCUT2D eigenvalue weighted by Crippen LogP contribution is 2.20. The molecule has 0 saturated carbocycles. The highest BCUT2D eigenvalue weighted by atomic mass is 16.6.